The number of ether oxygens (including phenoxy) is 1. The predicted octanol–water partition coefficient (Wildman–Crippen LogP) is 5.15. The Balaban J connectivity index is 1.72. The van der Waals surface area contributed by atoms with E-state index in [4.69, 9.17) is 20.8 Å². The number of oxazole rings is 1. The van der Waals surface area contributed by atoms with Crippen molar-refractivity contribution in [3.63, 3.8) is 0 Å². The first-order chi connectivity index (χ1) is 11.2. The molecule has 116 valence electrons. The smallest absolute Gasteiger partial charge is 0.226 e. The SMILES string of the molecule is O=Cc1cc(Br)ccc1OCc1coc(-c2ccc(Cl)cc2)n1. The summed E-state index contributed by atoms with van der Waals surface area (Å²) >= 11 is 9.17. The van der Waals surface area contributed by atoms with Crippen molar-refractivity contribution in [3.05, 3.63) is 69.5 Å². The zero-order valence-electron chi connectivity index (χ0n) is 11.8. The maximum Gasteiger partial charge on any atom is 0.226 e. The summed E-state index contributed by atoms with van der Waals surface area (Å²) in [5.41, 5.74) is 1.94. The van der Waals surface area contributed by atoms with E-state index in [2.05, 4.69) is 20.9 Å². The van der Waals surface area contributed by atoms with Gasteiger partial charge in [0.2, 0.25) is 5.89 Å². The van der Waals surface area contributed by atoms with Gasteiger partial charge >= 0.3 is 0 Å². The Morgan fingerprint density at radius 2 is 2.00 bits per heavy atom. The number of benzene rings is 2. The fourth-order valence-electron chi connectivity index (χ4n) is 1.99. The Kier molecular flexibility index (Phi) is 4.79. The zero-order chi connectivity index (χ0) is 16.2. The number of nitrogens with zero attached hydrogens (tertiary/aromatic N) is 1. The van der Waals surface area contributed by atoms with Crippen molar-refractivity contribution < 1.29 is 13.9 Å². The van der Waals surface area contributed by atoms with Crippen LogP contribution in [0.15, 0.2) is 57.6 Å². The highest BCUT2D eigenvalue weighted by molar-refractivity contribution is 9.10. The first kappa shape index (κ1) is 15.8. The molecule has 0 unspecified atom stereocenters. The van der Waals surface area contributed by atoms with Crippen LogP contribution >= 0.6 is 27.5 Å². The molecular weight excluding hydrogens is 382 g/mol. The summed E-state index contributed by atoms with van der Waals surface area (Å²) in [5, 5.41) is 0.653. The van der Waals surface area contributed by atoms with Gasteiger partial charge in [0.15, 0.2) is 6.29 Å². The lowest BCUT2D eigenvalue weighted by atomic mass is 10.2. The molecule has 3 rings (SSSR count). The Hall–Kier alpha value is -2.11. The molecule has 0 fully saturated rings. The maximum absolute atomic E-state index is 11.1. The summed E-state index contributed by atoms with van der Waals surface area (Å²) < 4.78 is 11.9. The van der Waals surface area contributed by atoms with Gasteiger partial charge in [-0.25, -0.2) is 4.98 Å². The lowest BCUT2D eigenvalue weighted by Crippen LogP contribution is -1.98. The van der Waals surface area contributed by atoms with E-state index in [1.165, 1.54) is 6.26 Å². The summed E-state index contributed by atoms with van der Waals surface area (Å²) in [4.78, 5) is 15.4. The molecule has 0 atom stereocenters. The number of hydrogen-bond acceptors (Lipinski definition) is 4. The van der Waals surface area contributed by atoms with Crippen LogP contribution in [0.5, 0.6) is 5.75 Å². The molecule has 0 radical (unpaired) electrons. The topological polar surface area (TPSA) is 52.3 Å². The van der Waals surface area contributed by atoms with Gasteiger partial charge in [0, 0.05) is 15.1 Å². The Morgan fingerprint density at radius 1 is 1.22 bits per heavy atom. The molecule has 0 aliphatic carbocycles. The average Bonchev–Trinajstić information content (AvgIpc) is 3.03. The molecular formula is C17H11BrClNO3. The number of aldehydes is 1. The summed E-state index contributed by atoms with van der Waals surface area (Å²) in [6, 6.07) is 12.4. The molecule has 3 aromatic rings. The van der Waals surface area contributed by atoms with Gasteiger partial charge in [-0.2, -0.15) is 0 Å². The first-order valence-electron chi connectivity index (χ1n) is 6.73. The zero-order valence-corrected chi connectivity index (χ0v) is 14.2. The highest BCUT2D eigenvalue weighted by atomic mass is 79.9. The van der Waals surface area contributed by atoms with Gasteiger partial charge in [0.25, 0.3) is 0 Å². The van der Waals surface area contributed by atoms with Crippen LogP contribution in [0.3, 0.4) is 0 Å². The highest BCUT2D eigenvalue weighted by Crippen LogP contribution is 2.24. The van der Waals surface area contributed by atoms with Gasteiger partial charge < -0.3 is 9.15 Å². The lowest BCUT2D eigenvalue weighted by Gasteiger charge is -2.06. The number of rotatable bonds is 5. The third kappa shape index (κ3) is 3.81. The Morgan fingerprint density at radius 3 is 2.74 bits per heavy atom. The van der Waals surface area contributed by atoms with Gasteiger partial charge in [-0.15, -0.1) is 0 Å². The van der Waals surface area contributed by atoms with Crippen LogP contribution in [0.2, 0.25) is 5.02 Å². The predicted molar refractivity (Wildman–Crippen MR) is 90.8 cm³/mol. The fraction of sp³-hybridized carbons (Fsp3) is 0.0588. The van der Waals surface area contributed by atoms with Crippen LogP contribution in [-0.2, 0) is 6.61 Å². The maximum atomic E-state index is 11.1. The first-order valence-corrected chi connectivity index (χ1v) is 7.90. The average molecular weight is 393 g/mol. The van der Waals surface area contributed by atoms with Crippen molar-refractivity contribution >= 4 is 33.8 Å². The molecule has 6 heteroatoms. The molecule has 0 saturated carbocycles. The molecule has 1 heterocycles. The number of carbonyl (C=O) groups is 1. The number of halogens is 2. The van der Waals surface area contributed by atoms with E-state index in [1.54, 1.807) is 24.3 Å². The standard InChI is InChI=1S/C17H11BrClNO3/c18-13-3-6-16(12(7-13)8-21)22-9-15-10-23-17(20-15)11-1-4-14(19)5-2-11/h1-8,10H,9H2. The molecule has 23 heavy (non-hydrogen) atoms. The Bertz CT molecular complexity index is 830. The monoisotopic (exact) mass is 391 g/mol. The number of aromatic nitrogens is 1. The van der Waals surface area contributed by atoms with Crippen molar-refractivity contribution in [3.8, 4) is 17.2 Å². The minimum absolute atomic E-state index is 0.208. The third-order valence-corrected chi connectivity index (χ3v) is 3.86. The number of carbonyl (C=O) groups excluding carboxylic acids is 1. The second-order valence-corrected chi connectivity index (χ2v) is 6.09. The lowest BCUT2D eigenvalue weighted by molar-refractivity contribution is 0.111. The van der Waals surface area contributed by atoms with Crippen LogP contribution in [0.1, 0.15) is 16.1 Å². The van der Waals surface area contributed by atoms with Crippen molar-refractivity contribution in [2.45, 2.75) is 6.61 Å². The summed E-state index contributed by atoms with van der Waals surface area (Å²) in [7, 11) is 0. The van der Waals surface area contributed by atoms with Gasteiger partial charge in [-0.05, 0) is 42.5 Å². The molecule has 1 aromatic heterocycles. The minimum Gasteiger partial charge on any atom is -0.486 e. The van der Waals surface area contributed by atoms with Gasteiger partial charge in [-0.3, -0.25) is 4.79 Å². The molecule has 0 amide bonds. The second-order valence-electron chi connectivity index (χ2n) is 4.74. The number of hydrogen-bond donors (Lipinski definition) is 0. The van der Waals surface area contributed by atoms with Gasteiger partial charge in [-0.1, -0.05) is 27.5 Å². The van der Waals surface area contributed by atoms with Gasteiger partial charge in [0.05, 0.1) is 5.56 Å². The second kappa shape index (κ2) is 6.98. The molecule has 0 bridgehead atoms. The quantitative estimate of drug-likeness (QED) is 0.564. The molecule has 2 aromatic carbocycles. The van der Waals surface area contributed by atoms with E-state index in [0.717, 1.165) is 16.3 Å². The normalized spacial score (nSPS) is 10.5. The van der Waals surface area contributed by atoms with Crippen LogP contribution in [0, 0.1) is 0 Å². The molecule has 0 aliphatic rings. The molecule has 0 N–H and O–H groups in total. The molecule has 0 saturated heterocycles. The van der Waals surface area contributed by atoms with E-state index in [1.807, 2.05) is 18.2 Å². The van der Waals surface area contributed by atoms with Crippen molar-refractivity contribution in [1.82, 2.24) is 4.98 Å². The summed E-state index contributed by atoms with van der Waals surface area (Å²) in [6.45, 7) is 0.208. The molecule has 0 aliphatic heterocycles. The van der Waals surface area contributed by atoms with Crippen molar-refractivity contribution in [2.75, 3.05) is 0 Å². The molecule has 0 spiro atoms. The van der Waals surface area contributed by atoms with Crippen LogP contribution in [0.4, 0.5) is 0 Å². The van der Waals surface area contributed by atoms with E-state index >= 15 is 0 Å². The van der Waals surface area contributed by atoms with Crippen molar-refractivity contribution in [1.29, 1.82) is 0 Å². The third-order valence-electron chi connectivity index (χ3n) is 3.12. The van der Waals surface area contributed by atoms with Gasteiger partial charge in [0.1, 0.15) is 24.3 Å². The summed E-state index contributed by atoms with van der Waals surface area (Å²) in [6.07, 6.45) is 2.28. The van der Waals surface area contributed by atoms with E-state index in [9.17, 15) is 4.79 Å². The highest BCUT2D eigenvalue weighted by Gasteiger charge is 2.09. The largest absolute Gasteiger partial charge is 0.486 e. The van der Waals surface area contributed by atoms with E-state index < -0.39 is 0 Å². The Labute approximate surface area is 146 Å². The minimum atomic E-state index is 0.208. The van der Waals surface area contributed by atoms with E-state index in [-0.39, 0.29) is 6.61 Å². The van der Waals surface area contributed by atoms with Crippen LogP contribution in [0.25, 0.3) is 11.5 Å². The van der Waals surface area contributed by atoms with Crippen molar-refractivity contribution in [2.24, 2.45) is 0 Å². The molecule has 4 nitrogen and oxygen atoms in total. The van der Waals surface area contributed by atoms with Crippen LogP contribution in [-0.4, -0.2) is 11.3 Å². The summed E-state index contributed by atoms with van der Waals surface area (Å²) in [5.74, 6) is 0.992. The fourth-order valence-corrected chi connectivity index (χ4v) is 2.50. The van der Waals surface area contributed by atoms with Crippen LogP contribution < -0.4 is 4.74 Å². The van der Waals surface area contributed by atoms with E-state index in [0.29, 0.717) is 27.9 Å².